The first kappa shape index (κ1) is 34.7. The smallest absolute Gasteiger partial charge is 0.251 e. The number of alkyl halides is 2. The maximum Gasteiger partial charge on any atom is 0.251 e. The van der Waals surface area contributed by atoms with Crippen LogP contribution in [0.1, 0.15) is 49.3 Å². The van der Waals surface area contributed by atoms with Crippen molar-refractivity contribution in [1.29, 1.82) is 10.8 Å². The number of hydrogen-bond donors (Lipinski definition) is 4. The molecule has 0 aromatic heterocycles. The molecule has 0 radical (unpaired) electrons. The first-order valence-electron chi connectivity index (χ1n) is 16.5. The van der Waals surface area contributed by atoms with Gasteiger partial charge in [-0.05, 0) is 55.6 Å². The fourth-order valence-electron chi connectivity index (χ4n) is 6.50. The van der Waals surface area contributed by atoms with Crippen LogP contribution in [0.3, 0.4) is 0 Å². The van der Waals surface area contributed by atoms with Crippen molar-refractivity contribution in [3.05, 3.63) is 65.2 Å². The van der Waals surface area contributed by atoms with Crippen molar-refractivity contribution in [2.75, 3.05) is 70.0 Å². The van der Waals surface area contributed by atoms with Gasteiger partial charge in [0, 0.05) is 81.7 Å². The van der Waals surface area contributed by atoms with Crippen LogP contribution in [0.2, 0.25) is 0 Å². The predicted octanol–water partition coefficient (Wildman–Crippen LogP) is 3.89. The van der Waals surface area contributed by atoms with Gasteiger partial charge in [0.05, 0.1) is 18.8 Å². The zero-order valence-electron chi connectivity index (χ0n) is 27.6. The number of anilines is 2. The third-order valence-electron chi connectivity index (χ3n) is 9.39. The number of likely N-dealkylation sites (tertiary alicyclic amines) is 2. The van der Waals surface area contributed by atoms with Gasteiger partial charge in [-0.3, -0.25) is 25.3 Å². The van der Waals surface area contributed by atoms with Crippen molar-refractivity contribution >= 4 is 46.8 Å². The van der Waals surface area contributed by atoms with Crippen LogP contribution in [-0.4, -0.2) is 110 Å². The average Bonchev–Trinajstić information content (AvgIpc) is 3.56. The van der Waals surface area contributed by atoms with Crippen molar-refractivity contribution in [1.82, 2.24) is 20.0 Å². The summed E-state index contributed by atoms with van der Waals surface area (Å²) in [7, 11) is 1.73. The summed E-state index contributed by atoms with van der Waals surface area (Å²) in [6, 6.07) is 12.9. The zero-order valence-corrected chi connectivity index (χ0v) is 27.6. The number of benzene rings is 2. The van der Waals surface area contributed by atoms with E-state index in [-0.39, 0.29) is 61.9 Å². The highest BCUT2D eigenvalue weighted by Gasteiger charge is 2.36. The topological polar surface area (TPSA) is 145 Å². The number of nitrogens with one attached hydrogen (secondary N) is 3. The van der Waals surface area contributed by atoms with Crippen molar-refractivity contribution in [3.63, 3.8) is 0 Å². The molecule has 0 spiro atoms. The average molecular weight is 662 g/mol. The summed E-state index contributed by atoms with van der Waals surface area (Å²) < 4.78 is 27.4. The summed E-state index contributed by atoms with van der Waals surface area (Å²) in [4.78, 5) is 38.2. The third-order valence-corrected chi connectivity index (χ3v) is 9.39. The van der Waals surface area contributed by atoms with Crippen molar-refractivity contribution in [3.8, 4) is 0 Å². The number of aliphatic imine (C=N–C) groups is 1. The molecule has 0 unspecified atom stereocenters. The number of nitrogen functional groups attached to an aromatic ring is 1. The normalized spacial score (nSPS) is 19.7. The first-order valence-corrected chi connectivity index (χ1v) is 16.5. The molecule has 5 N–H and O–H groups in total. The van der Waals surface area contributed by atoms with Gasteiger partial charge in [0.15, 0.2) is 5.84 Å². The molecule has 2 aromatic carbocycles. The lowest BCUT2D eigenvalue weighted by atomic mass is 9.98. The summed E-state index contributed by atoms with van der Waals surface area (Å²) in [5.41, 5.74) is 10.6. The van der Waals surface area contributed by atoms with E-state index in [9.17, 15) is 18.4 Å². The highest BCUT2D eigenvalue weighted by molar-refractivity contribution is 6.04. The Balaban J connectivity index is 1.14. The van der Waals surface area contributed by atoms with Gasteiger partial charge >= 0.3 is 0 Å². The number of nitrogens with zero attached hydrogens (tertiary/aromatic N) is 5. The van der Waals surface area contributed by atoms with E-state index in [4.69, 9.17) is 16.6 Å². The lowest BCUT2D eigenvalue weighted by Gasteiger charge is -2.34. The number of carbonyl (C=O) groups is 2. The van der Waals surface area contributed by atoms with Crippen LogP contribution in [0.5, 0.6) is 0 Å². The Hall–Kier alpha value is -4.65. The van der Waals surface area contributed by atoms with Gasteiger partial charge in [-0.25, -0.2) is 13.8 Å². The molecule has 2 aromatic rings. The number of amidine groups is 2. The molecular formula is C35H45F2N9O2. The van der Waals surface area contributed by atoms with Gasteiger partial charge in [0.1, 0.15) is 5.84 Å². The second kappa shape index (κ2) is 15.1. The first-order chi connectivity index (χ1) is 23.0. The van der Waals surface area contributed by atoms with Crippen molar-refractivity contribution < 1.29 is 18.4 Å². The van der Waals surface area contributed by atoms with Crippen LogP contribution >= 0.6 is 0 Å². The van der Waals surface area contributed by atoms with Crippen LogP contribution in [0.15, 0.2) is 53.5 Å². The Morgan fingerprint density at radius 1 is 1.08 bits per heavy atom. The number of halogens is 2. The summed E-state index contributed by atoms with van der Waals surface area (Å²) in [5.74, 6) is -2.73. The van der Waals surface area contributed by atoms with Crippen LogP contribution in [0.4, 0.5) is 20.2 Å². The van der Waals surface area contributed by atoms with Crippen LogP contribution < -0.4 is 16.0 Å². The fourth-order valence-corrected chi connectivity index (χ4v) is 6.50. The molecule has 1 atom stereocenters. The number of piperidine rings is 1. The van der Waals surface area contributed by atoms with E-state index in [1.807, 2.05) is 41.0 Å². The Bertz CT molecular complexity index is 1580. The summed E-state index contributed by atoms with van der Waals surface area (Å²) in [6.07, 6.45) is 4.32. The van der Waals surface area contributed by atoms with Gasteiger partial charge in [-0.15, -0.1) is 0 Å². The van der Waals surface area contributed by atoms with Gasteiger partial charge in [-0.1, -0.05) is 30.3 Å². The largest absolute Gasteiger partial charge is 0.398 e. The summed E-state index contributed by atoms with van der Waals surface area (Å²) in [6.45, 7) is 4.97. The molecule has 0 bridgehead atoms. The van der Waals surface area contributed by atoms with Crippen molar-refractivity contribution in [2.45, 2.75) is 38.5 Å². The molecule has 11 nitrogen and oxygen atoms in total. The number of hydrogen-bond acceptors (Lipinski definition) is 6. The molecule has 3 heterocycles. The molecular weight excluding hydrogens is 616 g/mol. The van der Waals surface area contributed by atoms with E-state index in [0.717, 1.165) is 17.5 Å². The number of nitrogens with two attached hydrogens (primary N) is 1. The highest BCUT2D eigenvalue weighted by atomic mass is 19.3. The van der Waals surface area contributed by atoms with Gasteiger partial charge < -0.3 is 25.8 Å². The number of rotatable bonds is 9. The van der Waals surface area contributed by atoms with E-state index in [2.05, 4.69) is 16.4 Å². The summed E-state index contributed by atoms with van der Waals surface area (Å²) >= 11 is 0. The monoisotopic (exact) mass is 661 g/mol. The maximum absolute atomic E-state index is 13.7. The van der Waals surface area contributed by atoms with Gasteiger partial charge in [0.25, 0.3) is 5.92 Å². The van der Waals surface area contributed by atoms with E-state index in [1.54, 1.807) is 35.0 Å². The highest BCUT2D eigenvalue weighted by Crippen LogP contribution is 2.31. The van der Waals surface area contributed by atoms with E-state index < -0.39 is 5.92 Å². The SMILES string of the molecule is CCN(C(=O)[C@@H]1CCN(CC(=O)N2CC=C(c3ccc(C(=N)/N=C\NC)cc3)CC2)C1)c1ccc(N)c(C(=N)N2CCC(F)(F)CC2)c1. The van der Waals surface area contributed by atoms with Crippen LogP contribution in [0.25, 0.3) is 5.57 Å². The Kier molecular flexibility index (Phi) is 10.9. The van der Waals surface area contributed by atoms with E-state index >= 15 is 0 Å². The quantitative estimate of drug-likeness (QED) is 0.182. The van der Waals surface area contributed by atoms with Gasteiger partial charge in [0.2, 0.25) is 11.8 Å². The molecule has 5 rings (SSSR count). The van der Waals surface area contributed by atoms with E-state index in [0.29, 0.717) is 56.1 Å². The third kappa shape index (κ3) is 8.07. The maximum atomic E-state index is 13.7. The second-order valence-corrected chi connectivity index (χ2v) is 12.6. The zero-order chi connectivity index (χ0) is 34.4. The van der Waals surface area contributed by atoms with E-state index in [1.165, 1.54) is 11.9 Å². The molecule has 2 saturated heterocycles. The Labute approximate surface area is 280 Å². The number of carbonyl (C=O) groups excluding carboxylic acids is 2. The Morgan fingerprint density at radius 2 is 1.81 bits per heavy atom. The van der Waals surface area contributed by atoms with Crippen molar-refractivity contribution in [2.24, 2.45) is 10.9 Å². The molecule has 3 aliphatic rings. The molecule has 256 valence electrons. The predicted molar refractivity (Wildman–Crippen MR) is 186 cm³/mol. The molecule has 0 aliphatic carbocycles. The standard InChI is InChI=1S/C35H45F2N9O2/c1-3-46(28-8-9-30(38)29(20-28)33(40)45-18-13-35(36,37)14-19-45)34(48)27-10-15-43(21-27)22-31(47)44-16-11-25(12-17-44)24-4-6-26(7-5-24)32(39)42-23-41-2/h4-9,11,20,23,27,40H,3,10,12-19,21-22,38H2,1-2H3,(H2,39,41,42)/t27-/m1/s1. The molecule has 2 amide bonds. The minimum absolute atomic E-state index is 0.0362. The molecule has 0 saturated carbocycles. The summed E-state index contributed by atoms with van der Waals surface area (Å²) in [5, 5.41) is 19.5. The van der Waals surface area contributed by atoms with Gasteiger partial charge in [-0.2, -0.15) is 0 Å². The lowest BCUT2D eigenvalue weighted by molar-refractivity contribution is -0.132. The Morgan fingerprint density at radius 3 is 2.46 bits per heavy atom. The molecule has 13 heteroatoms. The molecule has 3 aliphatic heterocycles. The fraction of sp³-hybridized carbons (Fsp3) is 0.457. The van der Waals surface area contributed by atoms with Crippen LogP contribution in [0, 0.1) is 16.7 Å². The molecule has 48 heavy (non-hydrogen) atoms. The molecule has 2 fully saturated rings. The minimum Gasteiger partial charge on any atom is -0.398 e. The second-order valence-electron chi connectivity index (χ2n) is 12.6. The minimum atomic E-state index is -2.71. The van der Waals surface area contributed by atoms with Crippen LogP contribution in [-0.2, 0) is 9.59 Å². The number of amides is 2. The lowest BCUT2D eigenvalue weighted by Crippen LogP contribution is -2.43.